The average molecular weight is 414 g/mol. The first-order chi connectivity index (χ1) is 14.9. The lowest BCUT2D eigenvalue weighted by molar-refractivity contribution is -0.141. The fourth-order valence-electron chi connectivity index (χ4n) is 4.03. The number of aliphatic carboxylic acids is 1. The van der Waals surface area contributed by atoms with Crippen LogP contribution in [0.3, 0.4) is 0 Å². The lowest BCUT2D eigenvalue weighted by atomic mass is 9.96. The number of hydrogen-bond donors (Lipinski definition) is 2. The molecule has 4 nitrogen and oxygen atoms in total. The Morgan fingerprint density at radius 3 is 2.48 bits per heavy atom. The average Bonchev–Trinajstić information content (AvgIpc) is 3.20. The Balaban J connectivity index is 1.69. The molecule has 1 heterocycles. The summed E-state index contributed by atoms with van der Waals surface area (Å²) in [6.45, 7) is 6.39. The van der Waals surface area contributed by atoms with E-state index in [9.17, 15) is 9.90 Å². The molecule has 1 unspecified atom stereocenters. The molecule has 0 radical (unpaired) electrons. The first-order valence-electron chi connectivity index (χ1n) is 10.5. The van der Waals surface area contributed by atoms with Gasteiger partial charge < -0.3 is 14.8 Å². The minimum atomic E-state index is -0.787. The summed E-state index contributed by atoms with van der Waals surface area (Å²) in [6.07, 6.45) is 2.41. The van der Waals surface area contributed by atoms with Gasteiger partial charge in [-0.25, -0.2) is 0 Å². The van der Waals surface area contributed by atoms with E-state index in [0.717, 1.165) is 38.9 Å². The molecule has 0 aliphatic heterocycles. The van der Waals surface area contributed by atoms with E-state index in [1.807, 2.05) is 24.4 Å². The van der Waals surface area contributed by atoms with Crippen molar-refractivity contribution in [2.24, 2.45) is 5.92 Å². The lowest BCUT2D eigenvalue weighted by Crippen LogP contribution is -2.12. The number of carboxylic acids is 1. The second kappa shape index (κ2) is 8.68. The number of ether oxygens (including phenoxy) is 1. The Kier molecular flexibility index (Phi) is 5.81. The number of nitrogens with one attached hydrogen (secondary N) is 1. The van der Waals surface area contributed by atoms with Gasteiger partial charge in [-0.15, -0.1) is 0 Å². The van der Waals surface area contributed by atoms with Crippen LogP contribution in [0.25, 0.3) is 22.0 Å². The Morgan fingerprint density at radius 1 is 0.968 bits per heavy atom. The largest absolute Gasteiger partial charge is 0.488 e. The van der Waals surface area contributed by atoms with Crippen LogP contribution in [0.15, 0.2) is 66.9 Å². The van der Waals surface area contributed by atoms with Crippen LogP contribution < -0.4 is 4.74 Å². The highest BCUT2D eigenvalue weighted by atomic mass is 16.5. The molecule has 31 heavy (non-hydrogen) atoms. The van der Waals surface area contributed by atoms with Crippen LogP contribution in [0.5, 0.6) is 5.75 Å². The monoisotopic (exact) mass is 413 g/mol. The molecule has 0 aliphatic carbocycles. The molecular formula is C27H27NO3. The first kappa shape index (κ1) is 20.7. The molecule has 0 saturated heterocycles. The van der Waals surface area contributed by atoms with Gasteiger partial charge >= 0.3 is 5.97 Å². The van der Waals surface area contributed by atoms with Crippen molar-refractivity contribution in [3.63, 3.8) is 0 Å². The minimum absolute atomic E-state index is 0.443. The maximum absolute atomic E-state index is 11.3. The van der Waals surface area contributed by atoms with E-state index in [0.29, 0.717) is 13.0 Å². The molecule has 1 atom stereocenters. The van der Waals surface area contributed by atoms with E-state index in [-0.39, 0.29) is 0 Å². The molecule has 0 aliphatic rings. The molecular weight excluding hydrogens is 386 g/mol. The lowest BCUT2D eigenvalue weighted by Gasteiger charge is -2.15. The zero-order chi connectivity index (χ0) is 22.0. The van der Waals surface area contributed by atoms with E-state index < -0.39 is 11.9 Å². The Morgan fingerprint density at radius 2 is 1.74 bits per heavy atom. The Bertz CT molecular complexity index is 1220. The zero-order valence-electron chi connectivity index (χ0n) is 18.1. The Labute approximate surface area is 182 Å². The third-order valence-corrected chi connectivity index (χ3v) is 5.55. The second-order valence-electron chi connectivity index (χ2n) is 8.34. The highest BCUT2D eigenvalue weighted by Gasteiger charge is 2.15. The van der Waals surface area contributed by atoms with Crippen LogP contribution in [0, 0.1) is 19.8 Å². The number of aromatic nitrogens is 1. The van der Waals surface area contributed by atoms with Gasteiger partial charge in [0.15, 0.2) is 0 Å². The fraction of sp³-hybridized carbons (Fsp3) is 0.222. The summed E-state index contributed by atoms with van der Waals surface area (Å²) in [5, 5.41) is 10.4. The number of H-pyrrole nitrogens is 1. The van der Waals surface area contributed by atoms with Gasteiger partial charge in [-0.1, -0.05) is 48.4 Å². The zero-order valence-corrected chi connectivity index (χ0v) is 18.1. The van der Waals surface area contributed by atoms with Gasteiger partial charge in [0.25, 0.3) is 0 Å². The van der Waals surface area contributed by atoms with Gasteiger partial charge in [0.05, 0.1) is 5.92 Å². The summed E-state index contributed by atoms with van der Waals surface area (Å²) >= 11 is 0. The molecule has 4 heteroatoms. The van der Waals surface area contributed by atoms with Crippen molar-refractivity contribution in [3.8, 4) is 16.9 Å². The van der Waals surface area contributed by atoms with Crippen molar-refractivity contribution in [1.29, 1.82) is 0 Å². The van der Waals surface area contributed by atoms with Gasteiger partial charge in [0, 0.05) is 17.3 Å². The van der Waals surface area contributed by atoms with Crippen LogP contribution in [0.4, 0.5) is 0 Å². The van der Waals surface area contributed by atoms with E-state index in [2.05, 4.69) is 61.3 Å². The minimum Gasteiger partial charge on any atom is -0.488 e. The van der Waals surface area contributed by atoms with Crippen LogP contribution in [-0.4, -0.2) is 16.1 Å². The van der Waals surface area contributed by atoms with Crippen molar-refractivity contribution in [1.82, 2.24) is 4.98 Å². The summed E-state index contributed by atoms with van der Waals surface area (Å²) in [4.78, 5) is 14.6. The first-order valence-corrected chi connectivity index (χ1v) is 10.5. The molecule has 3 aromatic carbocycles. The molecule has 0 saturated carbocycles. The highest BCUT2D eigenvalue weighted by Crippen LogP contribution is 2.34. The van der Waals surface area contributed by atoms with Crippen LogP contribution >= 0.6 is 0 Å². The van der Waals surface area contributed by atoms with Crippen LogP contribution in [0.1, 0.15) is 29.2 Å². The SMILES string of the molecule is Cc1cc(C)cc(COc2ccc(CC(C)C(=O)O)cc2-c2ccc3[nH]ccc3c2)c1. The summed E-state index contributed by atoms with van der Waals surface area (Å²) < 4.78 is 6.26. The fourth-order valence-corrected chi connectivity index (χ4v) is 4.03. The second-order valence-corrected chi connectivity index (χ2v) is 8.34. The third kappa shape index (κ3) is 4.80. The predicted octanol–water partition coefficient (Wildman–Crippen LogP) is 6.29. The van der Waals surface area contributed by atoms with Crippen molar-refractivity contribution >= 4 is 16.9 Å². The van der Waals surface area contributed by atoms with Gasteiger partial charge in [-0.3, -0.25) is 4.79 Å². The van der Waals surface area contributed by atoms with Crippen LogP contribution in [-0.2, 0) is 17.8 Å². The normalized spacial score (nSPS) is 12.1. The maximum Gasteiger partial charge on any atom is 0.306 e. The van der Waals surface area contributed by atoms with Gasteiger partial charge in [-0.2, -0.15) is 0 Å². The van der Waals surface area contributed by atoms with Gasteiger partial charge in [0.1, 0.15) is 12.4 Å². The van der Waals surface area contributed by atoms with Crippen molar-refractivity contribution in [3.05, 3.63) is 89.1 Å². The van der Waals surface area contributed by atoms with Crippen molar-refractivity contribution in [2.75, 3.05) is 0 Å². The van der Waals surface area contributed by atoms with Gasteiger partial charge in [0.2, 0.25) is 0 Å². The molecule has 0 bridgehead atoms. The number of benzene rings is 3. The quantitative estimate of drug-likeness (QED) is 0.374. The van der Waals surface area contributed by atoms with Crippen molar-refractivity contribution < 1.29 is 14.6 Å². The maximum atomic E-state index is 11.3. The molecule has 4 rings (SSSR count). The molecule has 158 valence electrons. The summed E-state index contributed by atoms with van der Waals surface area (Å²) in [5.74, 6) is -0.437. The predicted molar refractivity (Wildman–Crippen MR) is 124 cm³/mol. The highest BCUT2D eigenvalue weighted by molar-refractivity contribution is 5.86. The molecule has 2 N–H and O–H groups in total. The summed E-state index contributed by atoms with van der Waals surface area (Å²) in [6, 6.07) is 20.7. The van der Waals surface area contributed by atoms with E-state index in [1.54, 1.807) is 6.92 Å². The molecule has 1 aromatic heterocycles. The van der Waals surface area contributed by atoms with Crippen molar-refractivity contribution in [2.45, 2.75) is 33.8 Å². The van der Waals surface area contributed by atoms with Crippen LogP contribution in [0.2, 0.25) is 0 Å². The summed E-state index contributed by atoms with van der Waals surface area (Å²) in [7, 11) is 0. The number of hydrogen-bond acceptors (Lipinski definition) is 2. The summed E-state index contributed by atoms with van der Waals surface area (Å²) in [5.41, 5.74) is 7.66. The van der Waals surface area contributed by atoms with E-state index in [4.69, 9.17) is 4.74 Å². The van der Waals surface area contributed by atoms with Gasteiger partial charge in [-0.05, 0) is 72.7 Å². The number of aryl methyl sites for hydroxylation is 2. The molecule has 0 spiro atoms. The Hall–Kier alpha value is -3.53. The third-order valence-electron chi connectivity index (χ3n) is 5.55. The number of fused-ring (bicyclic) bond motifs is 1. The molecule has 0 fully saturated rings. The molecule has 0 amide bonds. The number of aromatic amines is 1. The smallest absolute Gasteiger partial charge is 0.306 e. The number of carbonyl (C=O) groups is 1. The van der Waals surface area contributed by atoms with E-state index >= 15 is 0 Å². The van der Waals surface area contributed by atoms with E-state index in [1.165, 1.54) is 11.1 Å². The number of carboxylic acid groups (broad SMARTS) is 1. The topological polar surface area (TPSA) is 62.3 Å². The molecule has 4 aromatic rings. The number of rotatable bonds is 7. The standard InChI is InChI=1S/C27H27NO3/c1-17-10-18(2)12-21(11-17)16-31-26-7-4-20(13-19(3)27(29)30)14-24(26)22-5-6-25-23(15-22)8-9-28-25/h4-12,14-15,19,28H,13,16H2,1-3H3,(H,29,30).